The number of aromatic nitrogens is 2. The molecule has 17 heavy (non-hydrogen) atoms. The number of nitrogens with zero attached hydrogens (tertiary/aromatic N) is 2. The number of anilines is 2. The van der Waals surface area contributed by atoms with Gasteiger partial charge in [-0.2, -0.15) is 0 Å². The Hall–Kier alpha value is -1.19. The van der Waals surface area contributed by atoms with E-state index in [1.54, 1.807) is 6.07 Å². The van der Waals surface area contributed by atoms with Crippen LogP contribution in [0.4, 0.5) is 10.7 Å². The first-order chi connectivity index (χ1) is 7.99. The number of benzene rings is 1. The second kappa shape index (κ2) is 4.59. The number of nitrogens with two attached hydrogens (primary N) is 1. The van der Waals surface area contributed by atoms with Crippen molar-refractivity contribution in [2.45, 2.75) is 4.90 Å². The van der Waals surface area contributed by atoms with Crippen LogP contribution in [0, 0.1) is 0 Å². The summed E-state index contributed by atoms with van der Waals surface area (Å²) in [4.78, 5) is 0.0223. The van der Waals surface area contributed by atoms with E-state index in [-0.39, 0.29) is 10.6 Å². The molecule has 0 unspecified atom stereocenters. The SMILES string of the molecule is Nc1cc(Br)ccc1S(=O)(=O)Nc1cnns1. The van der Waals surface area contributed by atoms with Crippen molar-refractivity contribution in [2.75, 3.05) is 10.5 Å². The molecule has 0 saturated carbocycles. The summed E-state index contributed by atoms with van der Waals surface area (Å²) in [7, 11) is -3.70. The molecule has 0 aliphatic carbocycles. The highest BCUT2D eigenvalue weighted by Gasteiger charge is 2.18. The number of nitrogens with one attached hydrogen (secondary N) is 1. The van der Waals surface area contributed by atoms with Crippen molar-refractivity contribution < 1.29 is 8.42 Å². The average molecular weight is 335 g/mol. The Morgan fingerprint density at radius 2 is 2.18 bits per heavy atom. The first kappa shape index (κ1) is 12.3. The number of nitrogen functional groups attached to an aromatic ring is 1. The second-order valence-electron chi connectivity index (χ2n) is 3.07. The number of sulfonamides is 1. The van der Waals surface area contributed by atoms with Gasteiger partial charge in [-0.1, -0.05) is 20.4 Å². The van der Waals surface area contributed by atoms with Crippen LogP contribution in [-0.4, -0.2) is 18.0 Å². The predicted octanol–water partition coefficient (Wildman–Crippen LogP) is 1.68. The molecule has 0 radical (unpaired) electrons. The first-order valence-corrected chi connectivity index (χ1v) is 7.39. The Bertz CT molecular complexity index is 627. The standard InChI is InChI=1S/C8H7BrN4O2S2/c9-5-1-2-7(6(10)3-5)17(14,15)12-8-4-11-13-16-8/h1-4,12H,10H2. The summed E-state index contributed by atoms with van der Waals surface area (Å²) in [5, 5.41) is 3.88. The maximum absolute atomic E-state index is 12.0. The van der Waals surface area contributed by atoms with Gasteiger partial charge in [-0.05, 0) is 18.2 Å². The largest absolute Gasteiger partial charge is 0.398 e. The zero-order valence-corrected chi connectivity index (χ0v) is 11.5. The first-order valence-electron chi connectivity index (χ1n) is 4.34. The van der Waals surface area contributed by atoms with E-state index in [4.69, 9.17) is 5.73 Å². The molecule has 3 N–H and O–H groups in total. The fraction of sp³-hybridized carbons (Fsp3) is 0. The van der Waals surface area contributed by atoms with Crippen LogP contribution >= 0.6 is 27.5 Å². The molecule has 9 heteroatoms. The van der Waals surface area contributed by atoms with Gasteiger partial charge < -0.3 is 5.73 Å². The molecule has 90 valence electrons. The quantitative estimate of drug-likeness (QED) is 0.832. The summed E-state index contributed by atoms with van der Waals surface area (Å²) in [6, 6.07) is 4.56. The van der Waals surface area contributed by atoms with Crippen molar-refractivity contribution in [2.24, 2.45) is 0 Å². The molecule has 2 aromatic rings. The van der Waals surface area contributed by atoms with Gasteiger partial charge >= 0.3 is 0 Å². The minimum atomic E-state index is -3.70. The summed E-state index contributed by atoms with van der Waals surface area (Å²) in [6.45, 7) is 0. The molecule has 0 aliphatic heterocycles. The predicted molar refractivity (Wildman–Crippen MR) is 69.3 cm³/mol. The number of halogens is 1. The van der Waals surface area contributed by atoms with Gasteiger partial charge in [0, 0.05) is 16.0 Å². The van der Waals surface area contributed by atoms with Gasteiger partial charge in [0.15, 0.2) is 0 Å². The van der Waals surface area contributed by atoms with Crippen molar-refractivity contribution in [1.82, 2.24) is 9.59 Å². The van der Waals surface area contributed by atoms with Crippen LogP contribution in [0.15, 0.2) is 33.8 Å². The molecule has 0 atom stereocenters. The van der Waals surface area contributed by atoms with Crippen LogP contribution in [0.2, 0.25) is 0 Å². The van der Waals surface area contributed by atoms with E-state index >= 15 is 0 Å². The van der Waals surface area contributed by atoms with Gasteiger partial charge in [-0.25, -0.2) is 8.42 Å². The maximum atomic E-state index is 12.0. The van der Waals surface area contributed by atoms with Crippen LogP contribution in [-0.2, 0) is 10.0 Å². The third kappa shape index (κ3) is 2.73. The van der Waals surface area contributed by atoms with Crippen LogP contribution in [0.1, 0.15) is 0 Å². The van der Waals surface area contributed by atoms with Crippen LogP contribution in [0.5, 0.6) is 0 Å². The topological polar surface area (TPSA) is 98.0 Å². The lowest BCUT2D eigenvalue weighted by molar-refractivity contribution is 0.601. The fourth-order valence-corrected chi connectivity index (χ4v) is 3.34. The van der Waals surface area contributed by atoms with Crippen molar-refractivity contribution in [3.05, 3.63) is 28.9 Å². The van der Waals surface area contributed by atoms with E-state index in [0.717, 1.165) is 11.5 Å². The number of rotatable bonds is 3. The molecular formula is C8H7BrN4O2S2. The Morgan fingerprint density at radius 1 is 1.41 bits per heavy atom. The highest BCUT2D eigenvalue weighted by molar-refractivity contribution is 9.10. The maximum Gasteiger partial charge on any atom is 0.264 e. The fourth-order valence-electron chi connectivity index (χ4n) is 1.16. The van der Waals surface area contributed by atoms with E-state index in [9.17, 15) is 8.42 Å². The zero-order valence-electron chi connectivity index (χ0n) is 8.29. The molecule has 2 rings (SSSR count). The van der Waals surface area contributed by atoms with E-state index in [1.807, 2.05) is 0 Å². The third-order valence-electron chi connectivity index (χ3n) is 1.86. The second-order valence-corrected chi connectivity index (χ2v) is 6.42. The van der Waals surface area contributed by atoms with Gasteiger partial charge in [0.05, 0.1) is 11.9 Å². The Kier molecular flexibility index (Phi) is 3.31. The minimum absolute atomic E-state index is 0.0223. The minimum Gasteiger partial charge on any atom is -0.398 e. The molecule has 0 amide bonds. The van der Waals surface area contributed by atoms with Crippen LogP contribution in [0.3, 0.4) is 0 Å². The molecule has 1 heterocycles. The lowest BCUT2D eigenvalue weighted by Gasteiger charge is -2.07. The summed E-state index contributed by atoms with van der Waals surface area (Å²) < 4.78 is 30.6. The van der Waals surface area contributed by atoms with Crippen LogP contribution in [0.25, 0.3) is 0 Å². The Morgan fingerprint density at radius 3 is 2.76 bits per heavy atom. The van der Waals surface area contributed by atoms with E-state index in [2.05, 4.69) is 30.2 Å². The van der Waals surface area contributed by atoms with Crippen molar-refractivity contribution in [3.63, 3.8) is 0 Å². The van der Waals surface area contributed by atoms with Gasteiger partial charge in [0.1, 0.15) is 9.90 Å². The molecule has 1 aromatic carbocycles. The molecular weight excluding hydrogens is 328 g/mol. The van der Waals surface area contributed by atoms with Crippen molar-refractivity contribution in [1.29, 1.82) is 0 Å². The number of hydrogen-bond acceptors (Lipinski definition) is 6. The van der Waals surface area contributed by atoms with E-state index in [0.29, 0.717) is 9.47 Å². The lowest BCUT2D eigenvalue weighted by Crippen LogP contribution is -2.14. The van der Waals surface area contributed by atoms with Gasteiger partial charge in [0.25, 0.3) is 10.0 Å². The molecule has 1 aromatic heterocycles. The van der Waals surface area contributed by atoms with Crippen molar-refractivity contribution >= 4 is 48.2 Å². The summed E-state index contributed by atoms with van der Waals surface area (Å²) in [5.74, 6) is 0. The molecule has 0 aliphatic rings. The smallest absolute Gasteiger partial charge is 0.264 e. The normalized spacial score (nSPS) is 11.4. The summed E-state index contributed by atoms with van der Waals surface area (Å²) in [5.41, 5.74) is 5.83. The molecule has 0 saturated heterocycles. The molecule has 6 nitrogen and oxygen atoms in total. The van der Waals surface area contributed by atoms with Gasteiger partial charge in [-0.3, -0.25) is 4.72 Å². The Balaban J connectivity index is 2.38. The van der Waals surface area contributed by atoms with E-state index in [1.165, 1.54) is 18.3 Å². The number of hydrogen-bond donors (Lipinski definition) is 2. The molecule has 0 spiro atoms. The van der Waals surface area contributed by atoms with Crippen LogP contribution < -0.4 is 10.5 Å². The monoisotopic (exact) mass is 334 g/mol. The zero-order chi connectivity index (χ0) is 12.5. The highest BCUT2D eigenvalue weighted by atomic mass is 79.9. The third-order valence-corrected chi connectivity index (χ3v) is 4.50. The average Bonchev–Trinajstić information content (AvgIpc) is 2.68. The highest BCUT2D eigenvalue weighted by Crippen LogP contribution is 2.25. The summed E-state index contributed by atoms with van der Waals surface area (Å²) >= 11 is 4.16. The van der Waals surface area contributed by atoms with Gasteiger partial charge in [-0.15, -0.1) is 5.10 Å². The van der Waals surface area contributed by atoms with E-state index < -0.39 is 10.0 Å². The lowest BCUT2D eigenvalue weighted by atomic mass is 10.3. The van der Waals surface area contributed by atoms with Gasteiger partial charge in [0.2, 0.25) is 0 Å². The summed E-state index contributed by atoms with van der Waals surface area (Å²) in [6.07, 6.45) is 1.33. The molecule has 0 fully saturated rings. The Labute approximate surface area is 110 Å². The molecule has 0 bridgehead atoms. The van der Waals surface area contributed by atoms with Crippen molar-refractivity contribution in [3.8, 4) is 0 Å².